The number of benzene rings is 1. The number of nitrogens with zero attached hydrogens (tertiary/aromatic N) is 3. The molecule has 31 heavy (non-hydrogen) atoms. The minimum atomic E-state index is -3.33. The Balaban J connectivity index is 1.82. The zero-order valence-corrected chi connectivity index (χ0v) is 18.9. The van der Waals surface area contributed by atoms with Crippen molar-refractivity contribution >= 4 is 33.0 Å². The molecule has 0 saturated carbocycles. The van der Waals surface area contributed by atoms with Crippen molar-refractivity contribution in [2.75, 3.05) is 11.9 Å². The fourth-order valence-corrected chi connectivity index (χ4v) is 6.87. The molecule has 2 N–H and O–H groups in total. The molecule has 0 spiro atoms. The number of thiazole rings is 1. The number of hydrogen-bond donors (Lipinski definition) is 2. The highest BCUT2D eigenvalue weighted by molar-refractivity contribution is 7.94. The third-order valence-corrected chi connectivity index (χ3v) is 9.06. The highest BCUT2D eigenvalue weighted by Crippen LogP contribution is 2.49. The second-order valence-corrected chi connectivity index (χ2v) is 11.6. The van der Waals surface area contributed by atoms with Crippen molar-refractivity contribution in [3.05, 3.63) is 34.5 Å². The number of nitrogens with one attached hydrogen (secondary N) is 1. The molecular formula is C19H22F2N4O4S2. The average molecular weight is 473 g/mol. The summed E-state index contributed by atoms with van der Waals surface area (Å²) in [6, 6.07) is 1.70. The Labute approximate surface area is 182 Å². The van der Waals surface area contributed by atoms with Gasteiger partial charge < -0.3 is 15.2 Å². The molecule has 4 rings (SSSR count). The van der Waals surface area contributed by atoms with E-state index in [-0.39, 0.29) is 15.9 Å². The van der Waals surface area contributed by atoms with Crippen LogP contribution in [0.3, 0.4) is 0 Å². The fourth-order valence-electron chi connectivity index (χ4n) is 3.46. The van der Waals surface area contributed by atoms with Gasteiger partial charge in [0.2, 0.25) is 0 Å². The molecule has 0 radical (unpaired) electrons. The maximum Gasteiger partial charge on any atom is 0.387 e. The van der Waals surface area contributed by atoms with Crippen LogP contribution < -0.4 is 10.1 Å². The largest absolute Gasteiger partial charge is 0.435 e. The van der Waals surface area contributed by atoms with Gasteiger partial charge in [0.15, 0.2) is 9.92 Å². The van der Waals surface area contributed by atoms with Gasteiger partial charge >= 0.3 is 12.6 Å². The Kier molecular flexibility index (Phi) is 5.31. The van der Waals surface area contributed by atoms with Crippen LogP contribution in [0.5, 0.6) is 5.75 Å². The average Bonchev–Trinajstić information content (AvgIpc) is 3.26. The molecular weight excluding hydrogens is 450 g/mol. The van der Waals surface area contributed by atoms with E-state index in [0.717, 1.165) is 11.3 Å². The van der Waals surface area contributed by atoms with Crippen LogP contribution in [-0.2, 0) is 15.5 Å². The Morgan fingerprint density at radius 3 is 2.68 bits per heavy atom. The normalized spacial score (nSPS) is 25.3. The predicted octanol–water partition coefficient (Wildman–Crippen LogP) is 4.44. The van der Waals surface area contributed by atoms with Crippen LogP contribution in [0.15, 0.2) is 26.9 Å². The topological polar surface area (TPSA) is 104 Å². The molecule has 3 atom stereocenters. The molecule has 2 aromatic rings. The van der Waals surface area contributed by atoms with Crippen molar-refractivity contribution in [2.24, 2.45) is 4.36 Å². The zero-order chi connectivity index (χ0) is 22.7. The molecule has 3 unspecified atom stereocenters. The van der Waals surface area contributed by atoms with E-state index in [1.165, 1.54) is 18.3 Å². The van der Waals surface area contributed by atoms with E-state index in [1.807, 2.05) is 13.8 Å². The zero-order valence-electron chi connectivity index (χ0n) is 17.3. The minimum Gasteiger partial charge on any atom is -0.435 e. The van der Waals surface area contributed by atoms with E-state index in [9.17, 15) is 22.9 Å². The van der Waals surface area contributed by atoms with E-state index in [0.29, 0.717) is 28.4 Å². The van der Waals surface area contributed by atoms with Gasteiger partial charge in [-0.15, -0.1) is 15.7 Å². The maximum absolute atomic E-state index is 13.8. The Morgan fingerprint density at radius 2 is 2.10 bits per heavy atom. The van der Waals surface area contributed by atoms with Crippen molar-refractivity contribution < 1.29 is 27.6 Å². The number of alkyl halides is 2. The van der Waals surface area contributed by atoms with E-state index in [4.69, 9.17) is 0 Å². The first-order chi connectivity index (χ1) is 14.4. The highest BCUT2D eigenvalue weighted by Gasteiger charge is 2.48. The van der Waals surface area contributed by atoms with E-state index in [2.05, 4.69) is 19.4 Å². The number of urea groups is 1. The number of anilines is 1. The first kappa shape index (κ1) is 22.1. The Morgan fingerprint density at radius 1 is 1.39 bits per heavy atom. The minimum absolute atomic E-state index is 0.0235. The van der Waals surface area contributed by atoms with Gasteiger partial charge in [0.05, 0.1) is 17.9 Å². The molecule has 1 saturated heterocycles. The van der Waals surface area contributed by atoms with Gasteiger partial charge in [-0.05, 0) is 43.0 Å². The smallest absolute Gasteiger partial charge is 0.387 e. The van der Waals surface area contributed by atoms with Crippen molar-refractivity contribution in [3.63, 3.8) is 0 Å². The Bertz CT molecular complexity index is 1170. The number of carbonyl (C=O) groups excluding carboxylic acids is 1. The molecule has 1 aromatic heterocycles. The third kappa shape index (κ3) is 4.04. The number of fused-ring (bicyclic) bond motifs is 3. The van der Waals surface area contributed by atoms with Gasteiger partial charge in [-0.1, -0.05) is 13.8 Å². The van der Waals surface area contributed by atoms with Crippen LogP contribution in [-0.4, -0.2) is 37.8 Å². The number of carbonyl (C=O) groups is 1. The van der Waals surface area contributed by atoms with Crippen LogP contribution in [0.4, 0.5) is 19.3 Å². The van der Waals surface area contributed by atoms with Gasteiger partial charge in [-0.25, -0.2) is 18.3 Å². The molecule has 12 heteroatoms. The number of halogens is 2. The Hall–Kier alpha value is -2.15. The molecule has 0 bridgehead atoms. The van der Waals surface area contributed by atoms with Gasteiger partial charge in [0.25, 0.3) is 0 Å². The summed E-state index contributed by atoms with van der Waals surface area (Å²) in [5.41, 5.74) is 0.408. The molecule has 0 aliphatic carbocycles. The monoisotopic (exact) mass is 472 g/mol. The summed E-state index contributed by atoms with van der Waals surface area (Å²) in [7, 11) is -3.33. The number of aliphatic hydroxyl groups is 1. The number of amides is 2. The second-order valence-electron chi connectivity index (χ2n) is 8.19. The molecule has 3 heterocycles. The van der Waals surface area contributed by atoms with E-state index >= 15 is 0 Å². The molecule has 2 amide bonds. The van der Waals surface area contributed by atoms with Crippen molar-refractivity contribution in [3.8, 4) is 5.75 Å². The van der Waals surface area contributed by atoms with E-state index in [1.54, 1.807) is 18.2 Å². The fraction of sp³-hybridized carbons (Fsp3) is 0.474. The number of ether oxygens (including phenoxy) is 1. The SMILES string of the molecule is CC(C)c1cc(OC(F)F)cc2c1NC(=O)N=S(=O)(c1cnc(C(C)(C)O)s1)N1CC21. The lowest BCUT2D eigenvalue weighted by molar-refractivity contribution is -0.0499. The van der Waals surface area contributed by atoms with Crippen LogP contribution in [0.25, 0.3) is 0 Å². The standard InChI is InChI=1S/C19H22F2N4O4S2/c1-9(2)11-5-10(29-17(20)21)6-12-13-8-25(13)31(28,24-18(26)23-15(11)12)14-7-22-16(30-14)19(3,4)27/h5-7,9,13,17,27H,8H2,1-4H3,(H,23,26). The van der Waals surface area contributed by atoms with Crippen LogP contribution in [0.2, 0.25) is 0 Å². The van der Waals surface area contributed by atoms with Gasteiger partial charge in [0, 0.05) is 6.54 Å². The van der Waals surface area contributed by atoms with Crippen LogP contribution in [0.1, 0.15) is 55.8 Å². The van der Waals surface area contributed by atoms with Crippen molar-refractivity contribution in [2.45, 2.75) is 56.1 Å². The van der Waals surface area contributed by atoms with Gasteiger partial charge in [0.1, 0.15) is 20.6 Å². The third-order valence-electron chi connectivity index (χ3n) is 4.97. The highest BCUT2D eigenvalue weighted by atomic mass is 32.2. The second kappa shape index (κ2) is 7.47. The molecule has 1 aromatic carbocycles. The lowest BCUT2D eigenvalue weighted by atomic mass is 9.95. The summed E-state index contributed by atoms with van der Waals surface area (Å²) < 4.78 is 49.9. The van der Waals surface area contributed by atoms with Crippen molar-refractivity contribution in [1.82, 2.24) is 9.29 Å². The molecule has 168 valence electrons. The first-order valence-corrected chi connectivity index (χ1v) is 11.9. The summed E-state index contributed by atoms with van der Waals surface area (Å²) in [6.45, 7) is 4.17. The maximum atomic E-state index is 13.8. The first-order valence-electron chi connectivity index (χ1n) is 9.56. The number of aromatic nitrogens is 1. The molecule has 2 aliphatic heterocycles. The number of rotatable bonds is 5. The summed E-state index contributed by atoms with van der Waals surface area (Å²) in [5.74, 6) is -0.119. The van der Waals surface area contributed by atoms with Crippen LogP contribution in [0, 0.1) is 0 Å². The quantitative estimate of drug-likeness (QED) is 0.626. The summed E-state index contributed by atoms with van der Waals surface area (Å²) >= 11 is 1.02. The lowest BCUT2D eigenvalue weighted by Crippen LogP contribution is -2.21. The summed E-state index contributed by atoms with van der Waals surface area (Å²) in [5, 5.41) is 13.2. The summed E-state index contributed by atoms with van der Waals surface area (Å²) in [4.78, 5) is 16.8. The summed E-state index contributed by atoms with van der Waals surface area (Å²) in [6.07, 6.45) is 1.35. The van der Waals surface area contributed by atoms with Crippen molar-refractivity contribution in [1.29, 1.82) is 0 Å². The van der Waals surface area contributed by atoms with Gasteiger partial charge in [-0.2, -0.15) is 8.78 Å². The van der Waals surface area contributed by atoms with Crippen LogP contribution >= 0.6 is 11.3 Å². The van der Waals surface area contributed by atoms with Gasteiger partial charge in [-0.3, -0.25) is 0 Å². The number of hydrogen-bond acceptors (Lipinski definition) is 6. The molecule has 1 fully saturated rings. The lowest BCUT2D eigenvalue weighted by Gasteiger charge is -2.22. The van der Waals surface area contributed by atoms with E-state index < -0.39 is 34.2 Å². The molecule has 8 nitrogen and oxygen atoms in total. The molecule has 2 aliphatic rings. The predicted molar refractivity (Wildman–Crippen MR) is 112 cm³/mol.